The highest BCUT2D eigenvalue weighted by Gasteiger charge is 2.11. The highest BCUT2D eigenvalue weighted by Crippen LogP contribution is 2.21. The predicted molar refractivity (Wildman–Crippen MR) is 97.8 cm³/mol. The van der Waals surface area contributed by atoms with Gasteiger partial charge in [0, 0.05) is 22.9 Å². The van der Waals surface area contributed by atoms with Gasteiger partial charge < -0.3 is 16.4 Å². The van der Waals surface area contributed by atoms with E-state index in [9.17, 15) is 14.4 Å². The molecule has 0 aliphatic rings. The summed E-state index contributed by atoms with van der Waals surface area (Å²) in [7, 11) is 0. The highest BCUT2D eigenvalue weighted by atomic mass is 35.5. The largest absolute Gasteiger partial charge is 0.366 e. The fourth-order valence-corrected chi connectivity index (χ4v) is 2.20. The summed E-state index contributed by atoms with van der Waals surface area (Å²) < 4.78 is 0. The Morgan fingerprint density at radius 3 is 2.12 bits per heavy atom. The third kappa shape index (κ3) is 4.81. The molecule has 0 heterocycles. The number of primary amides is 1. The zero-order valence-electron chi connectivity index (χ0n) is 13.8. The van der Waals surface area contributed by atoms with Gasteiger partial charge in [-0.05, 0) is 42.5 Å². The Hall–Kier alpha value is -2.86. The van der Waals surface area contributed by atoms with Crippen LogP contribution in [0, 0.1) is 5.92 Å². The summed E-state index contributed by atoms with van der Waals surface area (Å²) >= 11 is 5.88. The van der Waals surface area contributed by atoms with E-state index in [0.29, 0.717) is 16.9 Å². The third-order valence-corrected chi connectivity index (χ3v) is 3.76. The number of carbonyl (C=O) groups excluding carboxylic acids is 3. The van der Waals surface area contributed by atoms with Gasteiger partial charge in [0.15, 0.2) is 0 Å². The zero-order valence-corrected chi connectivity index (χ0v) is 14.6. The number of amides is 3. The van der Waals surface area contributed by atoms with Gasteiger partial charge in [-0.25, -0.2) is 0 Å². The van der Waals surface area contributed by atoms with Crippen molar-refractivity contribution in [2.75, 3.05) is 10.6 Å². The Bertz CT molecular complexity index is 817. The zero-order chi connectivity index (χ0) is 18.6. The number of hydrogen-bond donors (Lipinski definition) is 3. The second-order valence-corrected chi connectivity index (χ2v) is 6.14. The van der Waals surface area contributed by atoms with Crippen molar-refractivity contribution in [3.05, 3.63) is 58.6 Å². The molecule has 0 radical (unpaired) electrons. The Labute approximate surface area is 150 Å². The normalized spacial score (nSPS) is 10.4. The lowest BCUT2D eigenvalue weighted by Crippen LogP contribution is -2.18. The molecule has 0 atom stereocenters. The molecule has 0 fully saturated rings. The lowest BCUT2D eigenvalue weighted by Gasteiger charge is -2.10. The molecule has 0 saturated heterocycles. The average molecular weight is 360 g/mol. The lowest BCUT2D eigenvalue weighted by atomic mass is 10.1. The fourth-order valence-electron chi connectivity index (χ4n) is 1.99. The second-order valence-electron chi connectivity index (χ2n) is 5.73. The number of rotatable bonds is 5. The van der Waals surface area contributed by atoms with Crippen LogP contribution in [-0.4, -0.2) is 17.7 Å². The van der Waals surface area contributed by atoms with E-state index in [-0.39, 0.29) is 28.3 Å². The molecule has 2 rings (SSSR count). The van der Waals surface area contributed by atoms with Crippen LogP contribution in [0.2, 0.25) is 5.02 Å². The SMILES string of the molecule is CC(C)C(=O)Nc1ccc(C(=O)Nc2ccc(Cl)c(C(N)=O)c2)cc1. The number of nitrogens with two attached hydrogens (primary N) is 1. The molecule has 7 heteroatoms. The molecular weight excluding hydrogens is 342 g/mol. The number of carbonyl (C=O) groups is 3. The maximum atomic E-state index is 12.3. The van der Waals surface area contributed by atoms with Gasteiger partial charge in [0.1, 0.15) is 0 Å². The number of hydrogen-bond acceptors (Lipinski definition) is 3. The van der Waals surface area contributed by atoms with Crippen LogP contribution in [0.25, 0.3) is 0 Å². The molecule has 0 saturated carbocycles. The molecule has 0 aliphatic heterocycles. The number of anilines is 2. The fraction of sp³-hybridized carbons (Fsp3) is 0.167. The van der Waals surface area contributed by atoms with E-state index in [4.69, 9.17) is 17.3 Å². The van der Waals surface area contributed by atoms with E-state index in [1.807, 2.05) is 0 Å². The van der Waals surface area contributed by atoms with Crippen molar-refractivity contribution in [2.24, 2.45) is 11.7 Å². The van der Waals surface area contributed by atoms with Crippen molar-refractivity contribution in [3.8, 4) is 0 Å². The predicted octanol–water partition coefficient (Wildman–Crippen LogP) is 3.29. The Morgan fingerprint density at radius 1 is 0.960 bits per heavy atom. The molecule has 0 unspecified atom stereocenters. The van der Waals surface area contributed by atoms with Crippen LogP contribution in [0.3, 0.4) is 0 Å². The molecule has 0 aliphatic carbocycles. The summed E-state index contributed by atoms with van der Waals surface area (Å²) in [5, 5.41) is 5.63. The quantitative estimate of drug-likeness (QED) is 0.763. The molecule has 3 amide bonds. The summed E-state index contributed by atoms with van der Waals surface area (Å²) in [6.07, 6.45) is 0. The van der Waals surface area contributed by atoms with E-state index in [0.717, 1.165) is 0 Å². The molecule has 0 bridgehead atoms. The first-order valence-corrected chi connectivity index (χ1v) is 7.97. The van der Waals surface area contributed by atoms with Crippen LogP contribution in [0.5, 0.6) is 0 Å². The van der Waals surface area contributed by atoms with Crippen molar-refractivity contribution in [3.63, 3.8) is 0 Å². The van der Waals surface area contributed by atoms with Gasteiger partial charge in [-0.2, -0.15) is 0 Å². The number of halogens is 1. The summed E-state index contributed by atoms with van der Waals surface area (Å²) in [5.74, 6) is -1.27. The highest BCUT2D eigenvalue weighted by molar-refractivity contribution is 6.34. The van der Waals surface area contributed by atoms with Crippen molar-refractivity contribution in [1.29, 1.82) is 0 Å². The van der Waals surface area contributed by atoms with Gasteiger partial charge in [0.25, 0.3) is 5.91 Å². The van der Waals surface area contributed by atoms with Crippen LogP contribution >= 0.6 is 11.6 Å². The maximum absolute atomic E-state index is 12.3. The second kappa shape index (κ2) is 7.81. The van der Waals surface area contributed by atoms with E-state index in [1.54, 1.807) is 44.2 Å². The molecule has 2 aromatic carbocycles. The molecule has 6 nitrogen and oxygen atoms in total. The Morgan fingerprint density at radius 2 is 1.56 bits per heavy atom. The van der Waals surface area contributed by atoms with Crippen molar-refractivity contribution in [2.45, 2.75) is 13.8 Å². The van der Waals surface area contributed by atoms with Gasteiger partial charge in [-0.15, -0.1) is 0 Å². The third-order valence-electron chi connectivity index (χ3n) is 3.43. The van der Waals surface area contributed by atoms with Gasteiger partial charge in [-0.1, -0.05) is 25.4 Å². The first kappa shape index (κ1) is 18.5. The van der Waals surface area contributed by atoms with Crippen LogP contribution in [-0.2, 0) is 4.79 Å². The van der Waals surface area contributed by atoms with Gasteiger partial charge >= 0.3 is 0 Å². The van der Waals surface area contributed by atoms with E-state index in [2.05, 4.69) is 10.6 Å². The lowest BCUT2D eigenvalue weighted by molar-refractivity contribution is -0.118. The van der Waals surface area contributed by atoms with Gasteiger partial charge in [0.05, 0.1) is 10.6 Å². The van der Waals surface area contributed by atoms with Gasteiger partial charge in [0.2, 0.25) is 11.8 Å². The standard InChI is InChI=1S/C18H18ClN3O3/c1-10(2)17(24)21-12-5-3-11(4-6-12)18(25)22-13-7-8-15(19)14(9-13)16(20)23/h3-10H,1-2H3,(H2,20,23)(H,21,24)(H,22,25). The van der Waals surface area contributed by atoms with Crippen molar-refractivity contribution < 1.29 is 14.4 Å². The number of nitrogens with one attached hydrogen (secondary N) is 2. The van der Waals surface area contributed by atoms with Crippen molar-refractivity contribution >= 4 is 40.7 Å². The minimum Gasteiger partial charge on any atom is -0.366 e. The average Bonchev–Trinajstić information content (AvgIpc) is 2.56. The van der Waals surface area contributed by atoms with Crippen molar-refractivity contribution in [1.82, 2.24) is 0 Å². The molecular formula is C18H18ClN3O3. The smallest absolute Gasteiger partial charge is 0.255 e. The summed E-state index contributed by atoms with van der Waals surface area (Å²) in [6, 6.07) is 11.0. The Balaban J connectivity index is 2.10. The Kier molecular flexibility index (Phi) is 5.77. The minimum absolute atomic E-state index is 0.0997. The van der Waals surface area contributed by atoms with Crippen LogP contribution in [0.15, 0.2) is 42.5 Å². The van der Waals surface area contributed by atoms with E-state index in [1.165, 1.54) is 12.1 Å². The maximum Gasteiger partial charge on any atom is 0.255 e. The molecule has 25 heavy (non-hydrogen) atoms. The van der Waals surface area contributed by atoms with Crippen LogP contribution in [0.4, 0.5) is 11.4 Å². The minimum atomic E-state index is -0.675. The molecule has 130 valence electrons. The number of benzene rings is 2. The molecule has 0 aromatic heterocycles. The van der Waals surface area contributed by atoms with Crippen LogP contribution in [0.1, 0.15) is 34.6 Å². The molecule has 4 N–H and O–H groups in total. The molecule has 0 spiro atoms. The summed E-state index contributed by atoms with van der Waals surface area (Å²) in [6.45, 7) is 3.59. The van der Waals surface area contributed by atoms with E-state index >= 15 is 0 Å². The summed E-state index contributed by atoms with van der Waals surface area (Å²) in [5.41, 5.74) is 6.78. The van der Waals surface area contributed by atoms with E-state index < -0.39 is 5.91 Å². The van der Waals surface area contributed by atoms with Gasteiger partial charge in [-0.3, -0.25) is 14.4 Å². The first-order chi connectivity index (χ1) is 11.8. The molecule has 2 aromatic rings. The topological polar surface area (TPSA) is 101 Å². The first-order valence-electron chi connectivity index (χ1n) is 7.59. The summed E-state index contributed by atoms with van der Waals surface area (Å²) in [4.78, 5) is 35.2. The van der Waals surface area contributed by atoms with Crippen LogP contribution < -0.4 is 16.4 Å². The monoisotopic (exact) mass is 359 g/mol.